The summed E-state index contributed by atoms with van der Waals surface area (Å²) in [7, 11) is -1.57. The Morgan fingerprint density at radius 3 is 2.62 bits per heavy atom. The van der Waals surface area contributed by atoms with Crippen molar-refractivity contribution < 1.29 is 14.4 Å². The lowest BCUT2D eigenvalue weighted by atomic mass is 9.81. The quantitative estimate of drug-likeness (QED) is 0.639. The largest absolute Gasteiger partial charge is 0.456 e. The van der Waals surface area contributed by atoms with E-state index in [0.717, 1.165) is 6.07 Å². The first-order chi connectivity index (χ1) is 6.13. The smallest absolute Gasteiger partial charge is 0.427 e. The molecule has 0 amide bonds. The third-order valence-electron chi connectivity index (χ3n) is 1.58. The summed E-state index contributed by atoms with van der Waals surface area (Å²) >= 11 is 0. The van der Waals surface area contributed by atoms with Gasteiger partial charge in [0.15, 0.2) is 0 Å². The molecule has 0 aliphatic heterocycles. The van der Waals surface area contributed by atoms with E-state index in [1.807, 2.05) is 0 Å². The second kappa shape index (κ2) is 4.03. The molecular formula is C8H7BFNO2. The van der Waals surface area contributed by atoms with E-state index in [1.165, 1.54) is 12.1 Å². The number of nitrogens with zero attached hydrogens (tertiary/aromatic N) is 1. The molecule has 0 atom stereocenters. The summed E-state index contributed by atoms with van der Waals surface area (Å²) in [6, 6.07) is 5.65. The monoisotopic (exact) mass is 179 g/mol. The predicted octanol–water partition coefficient (Wildman–Crippen LogP) is 0.252. The maximum absolute atomic E-state index is 13.0. The Hall–Kier alpha value is -1.38. The van der Waals surface area contributed by atoms with Crippen LogP contribution in [0.15, 0.2) is 18.2 Å². The van der Waals surface area contributed by atoms with Crippen LogP contribution in [-0.2, 0) is 6.32 Å². The van der Waals surface area contributed by atoms with E-state index in [2.05, 4.69) is 0 Å². The molecule has 1 rings (SSSR count). The van der Waals surface area contributed by atoms with Gasteiger partial charge >= 0.3 is 7.12 Å². The van der Waals surface area contributed by atoms with Gasteiger partial charge < -0.3 is 10.0 Å². The highest BCUT2D eigenvalue weighted by Gasteiger charge is 2.11. The van der Waals surface area contributed by atoms with Gasteiger partial charge in [0.1, 0.15) is 5.82 Å². The van der Waals surface area contributed by atoms with E-state index in [0.29, 0.717) is 0 Å². The second-order valence-electron chi connectivity index (χ2n) is 2.60. The highest BCUT2D eigenvalue weighted by Crippen LogP contribution is 2.10. The van der Waals surface area contributed by atoms with Gasteiger partial charge in [0.2, 0.25) is 0 Å². The molecule has 0 aromatic heterocycles. The lowest BCUT2D eigenvalue weighted by molar-refractivity contribution is 0.403. The van der Waals surface area contributed by atoms with Gasteiger partial charge in [-0.1, -0.05) is 6.07 Å². The Bertz CT molecular complexity index is 348. The molecule has 1 aromatic carbocycles. The first kappa shape index (κ1) is 9.71. The highest BCUT2D eigenvalue weighted by atomic mass is 19.1. The normalized spacial score (nSPS) is 9.38. The molecule has 3 nitrogen and oxygen atoms in total. The Kier molecular flexibility index (Phi) is 3.01. The van der Waals surface area contributed by atoms with E-state index in [1.54, 1.807) is 6.07 Å². The molecule has 0 saturated carbocycles. The lowest BCUT2D eigenvalue weighted by Gasteiger charge is -2.01. The maximum Gasteiger partial charge on any atom is 0.456 e. The van der Waals surface area contributed by atoms with Crippen LogP contribution in [0.2, 0.25) is 0 Å². The molecule has 0 aliphatic carbocycles. The van der Waals surface area contributed by atoms with Crippen LogP contribution in [-0.4, -0.2) is 17.2 Å². The summed E-state index contributed by atoms with van der Waals surface area (Å²) < 4.78 is 13.0. The predicted molar refractivity (Wildman–Crippen MR) is 45.0 cm³/mol. The minimum atomic E-state index is -1.57. The fraction of sp³-hybridized carbons (Fsp3) is 0.125. The van der Waals surface area contributed by atoms with Crippen molar-refractivity contribution in [2.45, 2.75) is 6.32 Å². The van der Waals surface area contributed by atoms with Gasteiger partial charge in [-0.25, -0.2) is 4.39 Å². The molecule has 0 radical (unpaired) electrons. The molecule has 13 heavy (non-hydrogen) atoms. The third kappa shape index (κ3) is 2.54. The summed E-state index contributed by atoms with van der Waals surface area (Å²) in [6.45, 7) is 0. The number of nitriles is 1. The van der Waals surface area contributed by atoms with Crippen molar-refractivity contribution in [3.63, 3.8) is 0 Å². The van der Waals surface area contributed by atoms with Crippen LogP contribution >= 0.6 is 0 Å². The third-order valence-corrected chi connectivity index (χ3v) is 1.58. The van der Waals surface area contributed by atoms with Crippen molar-refractivity contribution >= 4 is 7.12 Å². The SMILES string of the molecule is N#Cc1ccc(CB(O)O)c(F)c1. The van der Waals surface area contributed by atoms with Crippen molar-refractivity contribution in [3.05, 3.63) is 35.1 Å². The molecule has 2 N–H and O–H groups in total. The molecule has 0 heterocycles. The first-order valence-electron chi connectivity index (χ1n) is 3.68. The Morgan fingerprint density at radius 2 is 2.15 bits per heavy atom. The molecular weight excluding hydrogens is 172 g/mol. The van der Waals surface area contributed by atoms with Gasteiger partial charge in [0, 0.05) is 6.32 Å². The number of hydrogen-bond acceptors (Lipinski definition) is 3. The molecule has 0 unspecified atom stereocenters. The van der Waals surface area contributed by atoms with Crippen molar-refractivity contribution in [3.8, 4) is 6.07 Å². The van der Waals surface area contributed by atoms with Crippen LogP contribution < -0.4 is 0 Å². The van der Waals surface area contributed by atoms with Gasteiger partial charge in [0.25, 0.3) is 0 Å². The summed E-state index contributed by atoms with van der Waals surface area (Å²) in [5.41, 5.74) is 0.405. The topological polar surface area (TPSA) is 64.2 Å². The summed E-state index contributed by atoms with van der Waals surface area (Å²) in [5, 5.41) is 25.6. The standard InChI is InChI=1S/C8H7BFNO2/c10-8-3-6(5-11)1-2-7(8)4-9(12)13/h1-3,12-13H,4H2. The number of benzene rings is 1. The molecule has 0 aliphatic rings. The summed E-state index contributed by atoms with van der Waals surface area (Å²) in [5.74, 6) is -0.591. The van der Waals surface area contributed by atoms with E-state index < -0.39 is 12.9 Å². The van der Waals surface area contributed by atoms with E-state index in [-0.39, 0.29) is 17.4 Å². The number of halogens is 1. The van der Waals surface area contributed by atoms with Crippen molar-refractivity contribution in [2.24, 2.45) is 0 Å². The average molecular weight is 179 g/mol. The van der Waals surface area contributed by atoms with E-state index in [4.69, 9.17) is 15.3 Å². The highest BCUT2D eigenvalue weighted by molar-refractivity contribution is 6.40. The number of hydrogen-bond donors (Lipinski definition) is 2. The van der Waals surface area contributed by atoms with Crippen LogP contribution in [0.3, 0.4) is 0 Å². The Labute approximate surface area is 75.2 Å². The van der Waals surface area contributed by atoms with Gasteiger partial charge in [-0.2, -0.15) is 5.26 Å². The van der Waals surface area contributed by atoms with Crippen LogP contribution in [0.25, 0.3) is 0 Å². The van der Waals surface area contributed by atoms with Crippen molar-refractivity contribution in [1.29, 1.82) is 5.26 Å². The zero-order valence-corrected chi connectivity index (χ0v) is 6.74. The lowest BCUT2D eigenvalue weighted by Crippen LogP contribution is -2.16. The Balaban J connectivity index is 2.93. The van der Waals surface area contributed by atoms with Crippen LogP contribution in [0, 0.1) is 17.1 Å². The molecule has 1 aromatic rings. The van der Waals surface area contributed by atoms with E-state index in [9.17, 15) is 4.39 Å². The number of rotatable bonds is 2. The molecule has 5 heteroatoms. The van der Waals surface area contributed by atoms with Crippen LogP contribution in [0.4, 0.5) is 4.39 Å². The first-order valence-corrected chi connectivity index (χ1v) is 3.68. The molecule has 0 spiro atoms. The average Bonchev–Trinajstić information content (AvgIpc) is 2.08. The van der Waals surface area contributed by atoms with Crippen LogP contribution in [0.1, 0.15) is 11.1 Å². The molecule has 0 fully saturated rings. The minimum absolute atomic E-state index is 0.169. The van der Waals surface area contributed by atoms with E-state index >= 15 is 0 Å². The Morgan fingerprint density at radius 1 is 1.46 bits per heavy atom. The second-order valence-corrected chi connectivity index (χ2v) is 2.60. The maximum atomic E-state index is 13.0. The molecule has 66 valence electrons. The van der Waals surface area contributed by atoms with Gasteiger partial charge in [-0.3, -0.25) is 0 Å². The zero-order chi connectivity index (χ0) is 9.84. The fourth-order valence-corrected chi connectivity index (χ4v) is 0.979. The minimum Gasteiger partial charge on any atom is -0.427 e. The zero-order valence-electron chi connectivity index (χ0n) is 6.74. The summed E-state index contributed by atoms with van der Waals surface area (Å²) in [6.07, 6.45) is -0.169. The molecule has 0 bridgehead atoms. The van der Waals surface area contributed by atoms with Crippen molar-refractivity contribution in [1.82, 2.24) is 0 Å². The summed E-state index contributed by atoms with van der Waals surface area (Å²) in [4.78, 5) is 0. The van der Waals surface area contributed by atoms with Crippen LogP contribution in [0.5, 0.6) is 0 Å². The van der Waals surface area contributed by atoms with Gasteiger partial charge in [-0.05, 0) is 17.7 Å². The molecule has 0 saturated heterocycles. The van der Waals surface area contributed by atoms with Gasteiger partial charge in [-0.15, -0.1) is 0 Å². The van der Waals surface area contributed by atoms with Crippen molar-refractivity contribution in [2.75, 3.05) is 0 Å². The fourth-order valence-electron chi connectivity index (χ4n) is 0.979. The van der Waals surface area contributed by atoms with Gasteiger partial charge in [0.05, 0.1) is 11.6 Å².